The Morgan fingerprint density at radius 3 is 2.41 bits per heavy atom. The van der Waals surface area contributed by atoms with Crippen molar-refractivity contribution in [2.24, 2.45) is 0 Å². The van der Waals surface area contributed by atoms with E-state index in [2.05, 4.69) is 5.32 Å². The maximum Gasteiger partial charge on any atom is 0.418 e. The summed E-state index contributed by atoms with van der Waals surface area (Å²) in [6.45, 7) is 1.07. The van der Waals surface area contributed by atoms with E-state index in [9.17, 15) is 27.2 Å². The summed E-state index contributed by atoms with van der Waals surface area (Å²) in [6, 6.07) is 8.55. The van der Waals surface area contributed by atoms with Crippen molar-refractivity contribution in [3.63, 3.8) is 0 Å². The van der Waals surface area contributed by atoms with Gasteiger partial charge in [-0.05, 0) is 24.3 Å². The molecular weight excluding hydrogens is 454 g/mol. The Labute approximate surface area is 186 Å². The second-order valence-electron chi connectivity index (χ2n) is 7.11. The van der Waals surface area contributed by atoms with Gasteiger partial charge in [-0.3, -0.25) is 14.5 Å². The van der Waals surface area contributed by atoms with Gasteiger partial charge in [-0.15, -0.1) is 0 Å². The minimum absolute atomic E-state index is 0.0984. The summed E-state index contributed by atoms with van der Waals surface area (Å²) in [7, 11) is 0. The number of benzene rings is 2. The number of rotatable bonds is 6. The smallest absolute Gasteiger partial charge is 0.418 e. The van der Waals surface area contributed by atoms with Crippen LogP contribution in [0.3, 0.4) is 0 Å². The summed E-state index contributed by atoms with van der Waals surface area (Å²) in [5, 5.41) is 2.20. The number of hydrogen-bond acceptors (Lipinski definition) is 4. The molecule has 0 unspecified atom stereocenters. The quantitative estimate of drug-likeness (QED) is 0.650. The number of para-hydroxylation sites is 1. The number of ether oxygens (including phenoxy) is 1. The molecule has 2 amide bonds. The third-order valence-corrected chi connectivity index (χ3v) is 5.14. The fourth-order valence-corrected chi connectivity index (χ4v) is 3.36. The van der Waals surface area contributed by atoms with Crippen molar-refractivity contribution in [1.29, 1.82) is 0 Å². The molecule has 1 saturated heterocycles. The lowest BCUT2D eigenvalue weighted by Gasteiger charge is -2.34. The molecule has 1 heterocycles. The van der Waals surface area contributed by atoms with Crippen LogP contribution in [0.25, 0.3) is 0 Å². The zero-order valence-electron chi connectivity index (χ0n) is 16.8. The van der Waals surface area contributed by atoms with E-state index in [1.54, 1.807) is 9.80 Å². The van der Waals surface area contributed by atoms with Crippen LogP contribution in [0.15, 0.2) is 42.5 Å². The molecule has 32 heavy (non-hydrogen) atoms. The van der Waals surface area contributed by atoms with Gasteiger partial charge in [-0.1, -0.05) is 23.7 Å². The molecule has 6 nitrogen and oxygen atoms in total. The van der Waals surface area contributed by atoms with E-state index in [-0.39, 0.29) is 35.5 Å². The van der Waals surface area contributed by atoms with Crippen molar-refractivity contribution in [3.8, 4) is 5.75 Å². The van der Waals surface area contributed by atoms with Crippen molar-refractivity contribution in [1.82, 2.24) is 9.80 Å². The zero-order valence-corrected chi connectivity index (χ0v) is 17.5. The summed E-state index contributed by atoms with van der Waals surface area (Å²) in [5.74, 6) is -1.18. The molecule has 0 bridgehead atoms. The van der Waals surface area contributed by atoms with Gasteiger partial charge in [0.1, 0.15) is 11.6 Å². The van der Waals surface area contributed by atoms with Crippen LogP contribution in [0.1, 0.15) is 5.56 Å². The van der Waals surface area contributed by atoms with Gasteiger partial charge in [0.25, 0.3) is 5.91 Å². The first-order chi connectivity index (χ1) is 15.1. The second kappa shape index (κ2) is 10.2. The molecule has 3 rings (SSSR count). The summed E-state index contributed by atoms with van der Waals surface area (Å²) in [5.41, 5.74) is -1.21. The molecule has 1 fully saturated rings. The summed E-state index contributed by atoms with van der Waals surface area (Å²) < 4.78 is 57.7. The lowest BCUT2D eigenvalue weighted by atomic mass is 10.1. The molecule has 0 spiro atoms. The monoisotopic (exact) mass is 473 g/mol. The summed E-state index contributed by atoms with van der Waals surface area (Å²) in [4.78, 5) is 27.8. The summed E-state index contributed by atoms with van der Waals surface area (Å²) in [6.07, 6.45) is -4.57. The number of piperazine rings is 1. The maximum atomic E-state index is 13.2. The third kappa shape index (κ3) is 6.33. The highest BCUT2D eigenvalue weighted by Gasteiger charge is 2.33. The molecule has 1 aliphatic heterocycles. The first kappa shape index (κ1) is 23.8. The highest BCUT2D eigenvalue weighted by molar-refractivity contribution is 6.30. The average molecular weight is 474 g/mol. The SMILES string of the molecule is O=C(CN1CCN(C(=O)COc2ccc(F)c(Cl)c2)CC1)Nc1ccccc1C(F)(F)F. The number of carbonyl (C=O) groups excluding carboxylic acids is 2. The standard InChI is InChI=1S/C21H20ClF4N3O3/c22-16-11-14(5-6-17(16)23)32-13-20(31)29-9-7-28(8-10-29)12-19(30)27-18-4-2-1-3-15(18)21(24,25)26/h1-6,11H,7-10,12-13H2,(H,27,30). The van der Waals surface area contributed by atoms with E-state index in [1.165, 1.54) is 30.3 Å². The Hall–Kier alpha value is -2.85. The minimum Gasteiger partial charge on any atom is -0.484 e. The van der Waals surface area contributed by atoms with Gasteiger partial charge in [-0.25, -0.2) is 4.39 Å². The van der Waals surface area contributed by atoms with Gasteiger partial charge in [0.05, 0.1) is 22.8 Å². The number of amides is 2. The number of nitrogens with zero attached hydrogens (tertiary/aromatic N) is 2. The molecule has 172 valence electrons. The first-order valence-electron chi connectivity index (χ1n) is 9.67. The van der Waals surface area contributed by atoms with Gasteiger partial charge in [0.2, 0.25) is 5.91 Å². The lowest BCUT2D eigenvalue weighted by molar-refractivity contribution is -0.137. The number of hydrogen-bond donors (Lipinski definition) is 1. The lowest BCUT2D eigenvalue weighted by Crippen LogP contribution is -2.51. The topological polar surface area (TPSA) is 61.9 Å². The fourth-order valence-electron chi connectivity index (χ4n) is 3.19. The van der Waals surface area contributed by atoms with Gasteiger partial charge >= 0.3 is 6.18 Å². The van der Waals surface area contributed by atoms with Crippen LogP contribution in [0.5, 0.6) is 5.75 Å². The van der Waals surface area contributed by atoms with Crippen molar-refractivity contribution in [2.75, 3.05) is 44.6 Å². The highest BCUT2D eigenvalue weighted by atomic mass is 35.5. The summed E-state index contributed by atoms with van der Waals surface area (Å²) >= 11 is 5.67. The fraction of sp³-hybridized carbons (Fsp3) is 0.333. The van der Waals surface area contributed by atoms with E-state index < -0.39 is 23.5 Å². The molecule has 2 aromatic rings. The maximum absolute atomic E-state index is 13.2. The van der Waals surface area contributed by atoms with Crippen molar-refractivity contribution in [3.05, 3.63) is 58.9 Å². The Morgan fingerprint density at radius 2 is 1.75 bits per heavy atom. The predicted molar refractivity (Wildman–Crippen MR) is 110 cm³/mol. The Kier molecular flexibility index (Phi) is 7.57. The molecule has 0 saturated carbocycles. The number of nitrogens with one attached hydrogen (secondary N) is 1. The van der Waals surface area contributed by atoms with Crippen LogP contribution in [-0.2, 0) is 15.8 Å². The largest absolute Gasteiger partial charge is 0.484 e. The zero-order chi connectivity index (χ0) is 23.3. The Morgan fingerprint density at radius 1 is 1.06 bits per heavy atom. The van der Waals surface area contributed by atoms with E-state index in [1.807, 2.05) is 0 Å². The molecule has 0 atom stereocenters. The van der Waals surface area contributed by atoms with E-state index in [4.69, 9.17) is 16.3 Å². The third-order valence-electron chi connectivity index (χ3n) is 4.85. The van der Waals surface area contributed by atoms with Gasteiger partial charge in [0, 0.05) is 32.2 Å². The normalized spacial score (nSPS) is 14.8. The first-order valence-corrected chi connectivity index (χ1v) is 10.1. The van der Waals surface area contributed by atoms with Crippen LogP contribution in [0.2, 0.25) is 5.02 Å². The van der Waals surface area contributed by atoms with Crippen LogP contribution in [0.4, 0.5) is 23.2 Å². The number of alkyl halides is 3. The van der Waals surface area contributed by atoms with E-state index in [0.717, 1.165) is 12.1 Å². The van der Waals surface area contributed by atoms with Crippen molar-refractivity contribution < 1.29 is 31.9 Å². The van der Waals surface area contributed by atoms with Gasteiger partial charge in [0.15, 0.2) is 6.61 Å². The van der Waals surface area contributed by atoms with E-state index >= 15 is 0 Å². The minimum atomic E-state index is -4.57. The number of anilines is 1. The van der Waals surface area contributed by atoms with E-state index in [0.29, 0.717) is 26.2 Å². The molecule has 0 aromatic heterocycles. The van der Waals surface area contributed by atoms with Crippen LogP contribution < -0.4 is 10.1 Å². The number of carbonyl (C=O) groups is 2. The highest BCUT2D eigenvalue weighted by Crippen LogP contribution is 2.34. The Bertz CT molecular complexity index is 979. The predicted octanol–water partition coefficient (Wildman–Crippen LogP) is 3.66. The molecule has 2 aromatic carbocycles. The van der Waals surface area contributed by atoms with Crippen LogP contribution in [0, 0.1) is 5.82 Å². The van der Waals surface area contributed by atoms with Gasteiger partial charge in [-0.2, -0.15) is 13.2 Å². The van der Waals surface area contributed by atoms with Crippen molar-refractivity contribution in [2.45, 2.75) is 6.18 Å². The van der Waals surface area contributed by atoms with Crippen molar-refractivity contribution >= 4 is 29.1 Å². The van der Waals surface area contributed by atoms with Gasteiger partial charge < -0.3 is 15.0 Å². The molecule has 0 radical (unpaired) electrons. The molecule has 1 aliphatic rings. The molecule has 1 N–H and O–H groups in total. The molecular formula is C21H20ClF4N3O3. The van der Waals surface area contributed by atoms with Crippen LogP contribution in [-0.4, -0.2) is 60.9 Å². The molecule has 11 heteroatoms. The number of halogens is 5. The Balaban J connectivity index is 1.45. The average Bonchev–Trinajstić information content (AvgIpc) is 2.74. The molecule has 0 aliphatic carbocycles. The van der Waals surface area contributed by atoms with Crippen LogP contribution >= 0.6 is 11.6 Å². The second-order valence-corrected chi connectivity index (χ2v) is 7.52.